The molecule has 0 atom stereocenters. The number of nitrogens with one attached hydrogen (secondary N) is 1. The van der Waals surface area contributed by atoms with E-state index in [0.717, 1.165) is 51.2 Å². The summed E-state index contributed by atoms with van der Waals surface area (Å²) in [6, 6.07) is 0.551. The molecule has 6 heteroatoms. The van der Waals surface area contributed by atoms with Gasteiger partial charge in [-0.25, -0.2) is 4.79 Å². The average molecular weight is 337 g/mol. The summed E-state index contributed by atoms with van der Waals surface area (Å²) in [6.07, 6.45) is 6.72. The van der Waals surface area contributed by atoms with Crippen LogP contribution < -0.4 is 5.32 Å². The quantitative estimate of drug-likeness (QED) is 0.779. The standard InChI is InChI=1S/C18H31N3O3/c1-3-20(12-16(22)23)15-10-14(11-15)19-17(24)21-8-6-18(2,7-9-21)13-4-5-13/h13-15H,3-12H2,1-2H3,(H,19,24)(H,22,23). The first-order valence-corrected chi connectivity index (χ1v) is 9.42. The maximum absolute atomic E-state index is 12.4. The zero-order valence-corrected chi connectivity index (χ0v) is 15.0. The zero-order valence-electron chi connectivity index (χ0n) is 15.0. The fraction of sp³-hybridized carbons (Fsp3) is 0.889. The van der Waals surface area contributed by atoms with Crippen molar-refractivity contribution in [1.29, 1.82) is 0 Å². The van der Waals surface area contributed by atoms with Gasteiger partial charge in [-0.1, -0.05) is 13.8 Å². The van der Waals surface area contributed by atoms with E-state index in [-0.39, 0.29) is 24.7 Å². The van der Waals surface area contributed by atoms with Crippen molar-refractivity contribution in [3.8, 4) is 0 Å². The van der Waals surface area contributed by atoms with Crippen molar-refractivity contribution in [3.05, 3.63) is 0 Å². The normalized spacial score (nSPS) is 29.2. The number of likely N-dealkylation sites (N-methyl/N-ethyl adjacent to an activating group) is 1. The molecule has 2 saturated carbocycles. The van der Waals surface area contributed by atoms with Crippen molar-refractivity contribution < 1.29 is 14.7 Å². The van der Waals surface area contributed by atoms with Crippen molar-refractivity contribution in [2.45, 2.75) is 64.5 Å². The largest absolute Gasteiger partial charge is 0.480 e. The van der Waals surface area contributed by atoms with Gasteiger partial charge >= 0.3 is 12.0 Å². The van der Waals surface area contributed by atoms with Crippen LogP contribution >= 0.6 is 0 Å². The van der Waals surface area contributed by atoms with Crippen molar-refractivity contribution in [3.63, 3.8) is 0 Å². The lowest BCUT2D eigenvalue weighted by Gasteiger charge is -2.44. The Hall–Kier alpha value is -1.30. The van der Waals surface area contributed by atoms with E-state index in [2.05, 4.69) is 12.2 Å². The molecule has 2 N–H and O–H groups in total. The van der Waals surface area contributed by atoms with E-state index in [4.69, 9.17) is 5.11 Å². The first kappa shape index (κ1) is 17.5. The van der Waals surface area contributed by atoms with Gasteiger partial charge in [-0.2, -0.15) is 0 Å². The molecule has 0 spiro atoms. The lowest BCUT2D eigenvalue weighted by atomic mass is 9.76. The molecule has 2 amide bonds. The summed E-state index contributed by atoms with van der Waals surface area (Å²) in [7, 11) is 0. The van der Waals surface area contributed by atoms with Crippen LogP contribution in [0.25, 0.3) is 0 Å². The molecule has 0 aromatic carbocycles. The molecule has 1 saturated heterocycles. The minimum atomic E-state index is -0.781. The predicted octanol–water partition coefficient (Wildman–Crippen LogP) is 2.15. The Bertz CT molecular complexity index is 478. The van der Waals surface area contributed by atoms with Crippen LogP contribution in [0.3, 0.4) is 0 Å². The van der Waals surface area contributed by atoms with Gasteiger partial charge in [-0.3, -0.25) is 9.69 Å². The summed E-state index contributed by atoms with van der Waals surface area (Å²) in [6.45, 7) is 6.94. The average Bonchev–Trinajstić information content (AvgIpc) is 3.34. The summed E-state index contributed by atoms with van der Waals surface area (Å²) in [5.74, 6) is 0.112. The fourth-order valence-electron chi connectivity index (χ4n) is 4.35. The van der Waals surface area contributed by atoms with E-state index < -0.39 is 5.97 Å². The Morgan fingerprint density at radius 3 is 2.38 bits per heavy atom. The summed E-state index contributed by atoms with van der Waals surface area (Å²) in [5, 5.41) is 12.1. The summed E-state index contributed by atoms with van der Waals surface area (Å²) in [4.78, 5) is 27.2. The smallest absolute Gasteiger partial charge is 0.317 e. The second-order valence-corrected chi connectivity index (χ2v) is 8.14. The minimum Gasteiger partial charge on any atom is -0.480 e. The van der Waals surface area contributed by atoms with Gasteiger partial charge in [0.25, 0.3) is 0 Å². The van der Waals surface area contributed by atoms with Gasteiger partial charge < -0.3 is 15.3 Å². The molecule has 0 aromatic heterocycles. The van der Waals surface area contributed by atoms with Gasteiger partial charge in [-0.15, -0.1) is 0 Å². The highest BCUT2D eigenvalue weighted by molar-refractivity contribution is 5.74. The summed E-state index contributed by atoms with van der Waals surface area (Å²) < 4.78 is 0. The van der Waals surface area contributed by atoms with E-state index in [1.807, 2.05) is 16.7 Å². The highest BCUT2D eigenvalue weighted by Gasteiger charge is 2.44. The SMILES string of the molecule is CCN(CC(=O)O)C1CC(NC(=O)N2CCC(C)(C3CC3)CC2)C1. The van der Waals surface area contributed by atoms with Crippen LogP contribution in [0, 0.1) is 11.3 Å². The Labute approximate surface area is 144 Å². The number of hydrogen-bond donors (Lipinski definition) is 2. The third-order valence-corrected chi connectivity index (χ3v) is 6.46. The number of likely N-dealkylation sites (tertiary alicyclic amines) is 1. The molecular weight excluding hydrogens is 306 g/mol. The zero-order chi connectivity index (χ0) is 17.3. The van der Waals surface area contributed by atoms with Crippen molar-refractivity contribution in [2.24, 2.45) is 11.3 Å². The molecule has 3 rings (SSSR count). The number of carbonyl (C=O) groups excluding carboxylic acids is 1. The number of carboxylic acids is 1. The highest BCUT2D eigenvalue weighted by Crippen LogP contribution is 2.51. The first-order chi connectivity index (χ1) is 11.4. The second kappa shape index (κ2) is 6.90. The minimum absolute atomic E-state index is 0.0672. The Morgan fingerprint density at radius 1 is 1.25 bits per heavy atom. The van der Waals surface area contributed by atoms with E-state index in [9.17, 15) is 9.59 Å². The molecule has 6 nitrogen and oxygen atoms in total. The number of rotatable bonds is 6. The number of aliphatic carboxylic acids is 1. The maximum atomic E-state index is 12.4. The van der Waals surface area contributed by atoms with E-state index >= 15 is 0 Å². The third-order valence-electron chi connectivity index (χ3n) is 6.46. The van der Waals surface area contributed by atoms with Crippen molar-refractivity contribution in [1.82, 2.24) is 15.1 Å². The molecule has 136 valence electrons. The molecule has 0 aromatic rings. The maximum Gasteiger partial charge on any atom is 0.317 e. The van der Waals surface area contributed by atoms with Crippen LogP contribution in [0.4, 0.5) is 4.79 Å². The molecule has 3 fully saturated rings. The van der Waals surface area contributed by atoms with Crippen LogP contribution in [0.5, 0.6) is 0 Å². The molecule has 3 aliphatic rings. The molecular formula is C18H31N3O3. The molecule has 0 radical (unpaired) electrons. The molecule has 0 bridgehead atoms. The lowest BCUT2D eigenvalue weighted by Crippen LogP contribution is -2.57. The van der Waals surface area contributed by atoms with E-state index in [1.165, 1.54) is 12.8 Å². The van der Waals surface area contributed by atoms with Crippen molar-refractivity contribution >= 4 is 12.0 Å². The number of urea groups is 1. The monoisotopic (exact) mass is 337 g/mol. The van der Waals surface area contributed by atoms with Gasteiger partial charge in [0, 0.05) is 25.2 Å². The van der Waals surface area contributed by atoms with Crippen LogP contribution in [0.15, 0.2) is 0 Å². The van der Waals surface area contributed by atoms with Crippen LogP contribution in [0.1, 0.15) is 52.4 Å². The van der Waals surface area contributed by atoms with Gasteiger partial charge in [0.05, 0.1) is 6.54 Å². The van der Waals surface area contributed by atoms with Crippen LogP contribution in [-0.2, 0) is 4.79 Å². The molecule has 24 heavy (non-hydrogen) atoms. The van der Waals surface area contributed by atoms with Crippen molar-refractivity contribution in [2.75, 3.05) is 26.2 Å². The predicted molar refractivity (Wildman–Crippen MR) is 91.9 cm³/mol. The van der Waals surface area contributed by atoms with Gasteiger partial charge in [0.15, 0.2) is 0 Å². The number of nitrogens with zero attached hydrogens (tertiary/aromatic N) is 2. The number of carbonyl (C=O) groups is 2. The van der Waals surface area contributed by atoms with Gasteiger partial charge in [0.2, 0.25) is 0 Å². The molecule has 1 heterocycles. The van der Waals surface area contributed by atoms with Gasteiger partial charge in [-0.05, 0) is 56.4 Å². The number of amides is 2. The summed E-state index contributed by atoms with van der Waals surface area (Å²) >= 11 is 0. The van der Waals surface area contributed by atoms with E-state index in [1.54, 1.807) is 0 Å². The van der Waals surface area contributed by atoms with Crippen LogP contribution in [0.2, 0.25) is 0 Å². The Balaban J connectivity index is 1.38. The molecule has 0 unspecified atom stereocenters. The number of piperidine rings is 1. The van der Waals surface area contributed by atoms with Crippen LogP contribution in [-0.4, -0.2) is 65.2 Å². The topological polar surface area (TPSA) is 72.9 Å². The van der Waals surface area contributed by atoms with E-state index in [0.29, 0.717) is 5.41 Å². The Kier molecular flexibility index (Phi) is 5.04. The fourth-order valence-corrected chi connectivity index (χ4v) is 4.35. The summed E-state index contributed by atoms with van der Waals surface area (Å²) in [5.41, 5.74) is 0.455. The second-order valence-electron chi connectivity index (χ2n) is 8.14. The highest BCUT2D eigenvalue weighted by atomic mass is 16.4. The lowest BCUT2D eigenvalue weighted by molar-refractivity contribution is -0.139. The third kappa shape index (κ3) is 3.85. The molecule has 2 aliphatic carbocycles. The number of hydrogen-bond acceptors (Lipinski definition) is 3. The number of carboxylic acid groups (broad SMARTS) is 1. The first-order valence-electron chi connectivity index (χ1n) is 9.42. The molecule has 1 aliphatic heterocycles. The van der Waals surface area contributed by atoms with Gasteiger partial charge in [0.1, 0.15) is 0 Å². The Morgan fingerprint density at radius 2 is 1.88 bits per heavy atom.